The van der Waals surface area contributed by atoms with Gasteiger partial charge in [0.2, 0.25) is 10.0 Å². The number of ether oxygens (including phenoxy) is 1. The number of sulfonamides is 1. The van der Waals surface area contributed by atoms with Crippen LogP contribution in [0, 0.1) is 13.8 Å². The Morgan fingerprint density at radius 2 is 1.78 bits per heavy atom. The van der Waals surface area contributed by atoms with Gasteiger partial charge >= 0.3 is 0 Å². The lowest BCUT2D eigenvalue weighted by Crippen LogP contribution is -2.11. The van der Waals surface area contributed by atoms with Gasteiger partial charge in [0.05, 0.1) is 0 Å². The lowest BCUT2D eigenvalue weighted by Gasteiger charge is -2.06. The van der Waals surface area contributed by atoms with Gasteiger partial charge in [-0.2, -0.15) is 0 Å². The molecule has 0 spiro atoms. The second kappa shape index (κ2) is 4.72. The van der Waals surface area contributed by atoms with E-state index in [0.29, 0.717) is 17.1 Å². The van der Waals surface area contributed by atoms with Crippen LogP contribution < -0.4 is 9.88 Å². The van der Waals surface area contributed by atoms with Crippen LogP contribution >= 0.6 is 11.3 Å². The van der Waals surface area contributed by atoms with Gasteiger partial charge in [0.1, 0.15) is 15.7 Å². The molecule has 0 bridgehead atoms. The third kappa shape index (κ3) is 2.55. The summed E-state index contributed by atoms with van der Waals surface area (Å²) < 4.78 is 28.7. The third-order valence-electron chi connectivity index (χ3n) is 2.43. The largest absolute Gasteiger partial charge is 0.456 e. The second-order valence-electron chi connectivity index (χ2n) is 3.86. The fourth-order valence-electron chi connectivity index (χ4n) is 1.64. The van der Waals surface area contributed by atoms with E-state index in [1.54, 1.807) is 6.92 Å². The van der Waals surface area contributed by atoms with Crippen molar-refractivity contribution >= 4 is 21.4 Å². The van der Waals surface area contributed by atoms with Crippen LogP contribution in [-0.2, 0) is 10.0 Å². The zero-order valence-corrected chi connectivity index (χ0v) is 11.6. The highest BCUT2D eigenvalue weighted by atomic mass is 32.2. The number of para-hydroxylation sites is 1. The van der Waals surface area contributed by atoms with Crippen LogP contribution in [0.1, 0.15) is 10.4 Å². The molecule has 1 aromatic carbocycles. The van der Waals surface area contributed by atoms with Crippen LogP contribution in [0.5, 0.6) is 11.5 Å². The van der Waals surface area contributed by atoms with Gasteiger partial charge in [0.25, 0.3) is 0 Å². The maximum atomic E-state index is 11.4. The number of hydrogen-bond donors (Lipinski definition) is 1. The van der Waals surface area contributed by atoms with Gasteiger partial charge in [0.15, 0.2) is 0 Å². The Morgan fingerprint density at radius 3 is 2.28 bits per heavy atom. The summed E-state index contributed by atoms with van der Waals surface area (Å²) in [6.45, 7) is 3.51. The van der Waals surface area contributed by atoms with Gasteiger partial charge in [-0.1, -0.05) is 18.2 Å². The molecule has 0 aliphatic heterocycles. The molecule has 18 heavy (non-hydrogen) atoms. The molecule has 1 aromatic heterocycles. The summed E-state index contributed by atoms with van der Waals surface area (Å²) in [5.74, 6) is 1.23. The van der Waals surface area contributed by atoms with Crippen molar-refractivity contribution in [2.75, 3.05) is 0 Å². The molecule has 0 atom stereocenters. The summed E-state index contributed by atoms with van der Waals surface area (Å²) in [7, 11) is -3.69. The quantitative estimate of drug-likeness (QED) is 0.941. The lowest BCUT2D eigenvalue weighted by molar-refractivity contribution is 0.477. The maximum Gasteiger partial charge on any atom is 0.247 e. The van der Waals surface area contributed by atoms with Crippen molar-refractivity contribution in [3.05, 3.63) is 40.8 Å². The number of benzene rings is 1. The topological polar surface area (TPSA) is 69.4 Å². The van der Waals surface area contributed by atoms with E-state index >= 15 is 0 Å². The van der Waals surface area contributed by atoms with E-state index in [0.717, 1.165) is 16.2 Å². The number of hydrogen-bond acceptors (Lipinski definition) is 4. The predicted octanol–water partition coefficient (Wildman–Crippen LogP) is 2.80. The molecule has 0 saturated heterocycles. The molecule has 2 N–H and O–H groups in total. The average Bonchev–Trinajstić information content (AvgIpc) is 2.58. The van der Waals surface area contributed by atoms with Crippen LogP contribution in [0.2, 0.25) is 0 Å². The minimum atomic E-state index is -3.69. The highest BCUT2D eigenvalue weighted by Gasteiger charge is 2.21. The lowest BCUT2D eigenvalue weighted by atomic mass is 10.3. The molecule has 0 amide bonds. The smallest absolute Gasteiger partial charge is 0.247 e. The van der Waals surface area contributed by atoms with Crippen LogP contribution in [0.15, 0.2) is 34.5 Å². The van der Waals surface area contributed by atoms with E-state index in [4.69, 9.17) is 9.88 Å². The Hall–Kier alpha value is -1.37. The molecule has 1 heterocycles. The molecule has 2 aromatic rings. The summed E-state index contributed by atoms with van der Waals surface area (Å²) in [6, 6.07) is 9.22. The van der Waals surface area contributed by atoms with Crippen LogP contribution in [0.4, 0.5) is 0 Å². The van der Waals surface area contributed by atoms with Crippen LogP contribution in [-0.4, -0.2) is 8.42 Å². The number of primary sulfonamides is 1. The predicted molar refractivity (Wildman–Crippen MR) is 71.7 cm³/mol. The normalized spacial score (nSPS) is 11.5. The first-order chi connectivity index (χ1) is 8.39. The Bertz CT molecular complexity index is 660. The van der Waals surface area contributed by atoms with Gasteiger partial charge in [-0.25, -0.2) is 13.6 Å². The molecule has 0 unspecified atom stereocenters. The van der Waals surface area contributed by atoms with E-state index in [1.165, 1.54) is 0 Å². The molecular formula is C12H13NO3S2. The molecule has 0 saturated carbocycles. The highest BCUT2D eigenvalue weighted by Crippen LogP contribution is 2.38. The third-order valence-corrected chi connectivity index (χ3v) is 5.19. The van der Waals surface area contributed by atoms with E-state index in [2.05, 4.69) is 0 Å². The monoisotopic (exact) mass is 283 g/mol. The van der Waals surface area contributed by atoms with Gasteiger partial charge in [-0.05, 0) is 26.0 Å². The Labute approximate surface area is 110 Å². The first-order valence-electron chi connectivity index (χ1n) is 5.25. The van der Waals surface area contributed by atoms with Crippen molar-refractivity contribution in [3.63, 3.8) is 0 Å². The van der Waals surface area contributed by atoms with Crippen molar-refractivity contribution in [2.24, 2.45) is 5.14 Å². The van der Waals surface area contributed by atoms with Gasteiger partial charge in [-0.15, -0.1) is 11.3 Å². The summed E-state index contributed by atoms with van der Waals surface area (Å²) in [4.78, 5) is 0.792. The standard InChI is InChI=1S/C12H13NO3S2/c1-8-11(16-10-6-4-3-5-7-10)9(2)17-12(8)18(13,14)15/h3-7H,1-2H3,(H2,13,14,15). The molecule has 0 aliphatic carbocycles. The molecule has 4 nitrogen and oxygen atoms in total. The summed E-state index contributed by atoms with van der Waals surface area (Å²) in [5.41, 5.74) is 0.559. The van der Waals surface area contributed by atoms with E-state index in [9.17, 15) is 8.42 Å². The van der Waals surface area contributed by atoms with Crippen molar-refractivity contribution in [2.45, 2.75) is 18.1 Å². The summed E-state index contributed by atoms with van der Waals surface area (Å²) in [6.07, 6.45) is 0. The Morgan fingerprint density at radius 1 is 1.17 bits per heavy atom. The molecule has 0 aliphatic rings. The van der Waals surface area contributed by atoms with Crippen molar-refractivity contribution in [1.29, 1.82) is 0 Å². The highest BCUT2D eigenvalue weighted by molar-refractivity contribution is 7.91. The minimum absolute atomic E-state index is 0.158. The number of aryl methyl sites for hydroxylation is 1. The Kier molecular flexibility index (Phi) is 3.43. The van der Waals surface area contributed by atoms with E-state index in [-0.39, 0.29) is 4.21 Å². The molecular weight excluding hydrogens is 270 g/mol. The fraction of sp³-hybridized carbons (Fsp3) is 0.167. The molecule has 6 heteroatoms. The Balaban J connectivity index is 2.44. The van der Waals surface area contributed by atoms with Crippen LogP contribution in [0.25, 0.3) is 0 Å². The molecule has 96 valence electrons. The number of nitrogens with two attached hydrogens (primary N) is 1. The summed E-state index contributed by atoms with van der Waals surface area (Å²) in [5, 5.41) is 5.16. The summed E-state index contributed by atoms with van der Waals surface area (Å²) >= 11 is 1.13. The van der Waals surface area contributed by atoms with E-state index < -0.39 is 10.0 Å². The first kappa shape index (κ1) is 13.1. The average molecular weight is 283 g/mol. The van der Waals surface area contributed by atoms with Crippen molar-refractivity contribution < 1.29 is 13.2 Å². The molecule has 0 fully saturated rings. The number of thiophene rings is 1. The molecule has 0 radical (unpaired) electrons. The minimum Gasteiger partial charge on any atom is -0.456 e. The number of rotatable bonds is 3. The van der Waals surface area contributed by atoms with Gasteiger partial charge in [0, 0.05) is 10.4 Å². The SMILES string of the molecule is Cc1sc(S(N)(=O)=O)c(C)c1Oc1ccccc1. The van der Waals surface area contributed by atoms with Crippen molar-refractivity contribution in [3.8, 4) is 11.5 Å². The van der Waals surface area contributed by atoms with Gasteiger partial charge < -0.3 is 4.74 Å². The van der Waals surface area contributed by atoms with Gasteiger partial charge in [-0.3, -0.25) is 0 Å². The zero-order chi connectivity index (χ0) is 13.3. The van der Waals surface area contributed by atoms with Crippen molar-refractivity contribution in [1.82, 2.24) is 0 Å². The van der Waals surface area contributed by atoms with E-state index in [1.807, 2.05) is 37.3 Å². The zero-order valence-electron chi connectivity index (χ0n) is 10.0. The maximum absolute atomic E-state index is 11.4. The van der Waals surface area contributed by atoms with Crippen LogP contribution in [0.3, 0.4) is 0 Å². The second-order valence-corrected chi connectivity index (χ2v) is 6.84. The fourth-order valence-corrected chi connectivity index (χ4v) is 3.82. The first-order valence-corrected chi connectivity index (χ1v) is 7.61. The molecule has 2 rings (SSSR count).